The number of nitrogens with one attached hydrogen (secondary N) is 1. The van der Waals surface area contributed by atoms with Crippen molar-refractivity contribution in [2.75, 3.05) is 7.11 Å². The Balaban J connectivity index is 2.43. The van der Waals surface area contributed by atoms with Crippen molar-refractivity contribution in [1.82, 2.24) is 19.9 Å². The van der Waals surface area contributed by atoms with E-state index in [1.54, 1.807) is 37.7 Å². The zero-order valence-electron chi connectivity index (χ0n) is 14.2. The number of carbonyl (C=O) groups is 1. The van der Waals surface area contributed by atoms with Crippen LogP contribution in [0.5, 0.6) is 0 Å². The lowest BCUT2D eigenvalue weighted by molar-refractivity contribution is -0.740. The van der Waals surface area contributed by atoms with Crippen molar-refractivity contribution in [3.05, 3.63) is 51.2 Å². The summed E-state index contributed by atoms with van der Waals surface area (Å²) in [5, 5.41) is 7.85. The highest BCUT2D eigenvalue weighted by atomic mass is 16.5. The first-order valence-electron chi connectivity index (χ1n) is 7.42. The monoisotopic (exact) mass is 328 g/mol. The number of aryl methyl sites for hydroxylation is 4. The van der Waals surface area contributed by atoms with Gasteiger partial charge in [0, 0.05) is 30.5 Å². The number of methoxy groups -OCH3 is 1. The SMILES string of the molecule is COC(=O)c1c(C)nc(C)c2c(=O)n(-[n+]3c(C)n[nH]c3C)ccc12. The summed E-state index contributed by atoms with van der Waals surface area (Å²) < 4.78 is 7.95. The maximum absolute atomic E-state index is 13.0. The van der Waals surface area contributed by atoms with Gasteiger partial charge in [-0.05, 0) is 19.9 Å². The third-order valence-corrected chi connectivity index (χ3v) is 4.01. The number of rotatable bonds is 2. The van der Waals surface area contributed by atoms with E-state index in [9.17, 15) is 9.59 Å². The lowest BCUT2D eigenvalue weighted by Crippen LogP contribution is -2.52. The predicted molar refractivity (Wildman–Crippen MR) is 85.9 cm³/mol. The number of aromatic nitrogens is 5. The van der Waals surface area contributed by atoms with Crippen LogP contribution in [0.3, 0.4) is 0 Å². The van der Waals surface area contributed by atoms with Gasteiger partial charge in [-0.1, -0.05) is 0 Å². The lowest BCUT2D eigenvalue weighted by Gasteiger charge is -2.12. The Bertz CT molecular complexity index is 1010. The third kappa shape index (κ3) is 2.18. The Hall–Kier alpha value is -3.03. The van der Waals surface area contributed by atoms with Crippen LogP contribution >= 0.6 is 0 Å². The number of hydrogen-bond donors (Lipinski definition) is 1. The third-order valence-electron chi connectivity index (χ3n) is 4.01. The molecule has 0 fully saturated rings. The van der Waals surface area contributed by atoms with Gasteiger partial charge in [-0.15, -0.1) is 9.77 Å². The molecule has 8 nitrogen and oxygen atoms in total. The molecule has 8 heteroatoms. The first kappa shape index (κ1) is 15.9. The second-order valence-corrected chi connectivity index (χ2v) is 5.57. The molecule has 0 amide bonds. The van der Waals surface area contributed by atoms with Crippen molar-refractivity contribution in [3.63, 3.8) is 0 Å². The summed E-state index contributed by atoms with van der Waals surface area (Å²) >= 11 is 0. The molecule has 0 unspecified atom stereocenters. The van der Waals surface area contributed by atoms with Crippen LogP contribution in [0.25, 0.3) is 10.8 Å². The first-order valence-corrected chi connectivity index (χ1v) is 7.42. The smallest absolute Gasteiger partial charge is 0.340 e. The molecule has 0 bridgehead atoms. The van der Waals surface area contributed by atoms with Gasteiger partial charge in [0.05, 0.1) is 29.4 Å². The van der Waals surface area contributed by atoms with Crippen molar-refractivity contribution in [2.24, 2.45) is 0 Å². The topological polar surface area (TPSA) is 93.8 Å². The molecule has 0 saturated heterocycles. The molecule has 24 heavy (non-hydrogen) atoms. The fourth-order valence-electron chi connectivity index (χ4n) is 2.98. The molecular weight excluding hydrogens is 310 g/mol. The second kappa shape index (κ2) is 5.55. The zero-order chi connectivity index (χ0) is 17.6. The Morgan fingerprint density at radius 1 is 1.25 bits per heavy atom. The summed E-state index contributed by atoms with van der Waals surface area (Å²) in [6.45, 7) is 7.09. The van der Waals surface area contributed by atoms with Gasteiger partial charge in [-0.25, -0.2) is 4.79 Å². The number of hydrogen-bond acceptors (Lipinski definition) is 5. The van der Waals surface area contributed by atoms with Crippen LogP contribution in [-0.4, -0.2) is 32.9 Å². The molecule has 0 aliphatic rings. The van der Waals surface area contributed by atoms with Gasteiger partial charge < -0.3 is 4.74 Å². The van der Waals surface area contributed by atoms with Crippen LogP contribution in [0.4, 0.5) is 0 Å². The van der Waals surface area contributed by atoms with Crippen LogP contribution in [0.1, 0.15) is 33.4 Å². The number of carbonyl (C=O) groups excluding carboxylic acids is 1. The number of nitrogens with zero attached hydrogens (tertiary/aromatic N) is 4. The summed E-state index contributed by atoms with van der Waals surface area (Å²) in [6.07, 6.45) is 1.62. The van der Waals surface area contributed by atoms with Crippen molar-refractivity contribution in [3.8, 4) is 0 Å². The molecule has 0 radical (unpaired) electrons. The molecule has 0 aromatic carbocycles. The predicted octanol–water partition coefficient (Wildman–Crippen LogP) is 0.739. The van der Waals surface area contributed by atoms with E-state index in [4.69, 9.17) is 4.74 Å². The number of H-pyrrole nitrogens is 1. The van der Waals surface area contributed by atoms with Crippen molar-refractivity contribution < 1.29 is 14.2 Å². The highest BCUT2D eigenvalue weighted by molar-refractivity contribution is 6.05. The highest BCUT2D eigenvalue weighted by Gasteiger charge is 2.22. The zero-order valence-corrected chi connectivity index (χ0v) is 14.2. The Morgan fingerprint density at radius 2 is 1.96 bits per heavy atom. The quantitative estimate of drug-likeness (QED) is 0.553. The molecule has 0 aliphatic heterocycles. The fourth-order valence-corrected chi connectivity index (χ4v) is 2.98. The molecule has 3 rings (SSSR count). The standard InChI is InChI=1S/C16H17N5O3/c1-8-13-12(14(9(2)17-8)16(23)24-5)6-7-20(15(13)22)21-10(3)18-19-11(21)4/h6-7H,1-5H3/p+1. The minimum Gasteiger partial charge on any atom is -0.465 e. The fraction of sp³-hybridized carbons (Fsp3) is 0.312. The van der Waals surface area contributed by atoms with E-state index in [0.29, 0.717) is 39.4 Å². The minimum atomic E-state index is -0.509. The largest absolute Gasteiger partial charge is 0.465 e. The van der Waals surface area contributed by atoms with E-state index in [0.717, 1.165) is 0 Å². The number of aromatic amines is 1. The maximum Gasteiger partial charge on any atom is 0.340 e. The van der Waals surface area contributed by atoms with Crippen LogP contribution < -0.4 is 10.2 Å². The highest BCUT2D eigenvalue weighted by Crippen LogP contribution is 2.21. The van der Waals surface area contributed by atoms with Gasteiger partial charge >= 0.3 is 5.97 Å². The van der Waals surface area contributed by atoms with E-state index >= 15 is 0 Å². The molecule has 0 atom stereocenters. The van der Waals surface area contributed by atoms with Gasteiger partial charge in [-0.2, -0.15) is 4.68 Å². The molecule has 0 spiro atoms. The van der Waals surface area contributed by atoms with Gasteiger partial charge in [0.15, 0.2) is 0 Å². The summed E-state index contributed by atoms with van der Waals surface area (Å²) in [5.41, 5.74) is 1.13. The average molecular weight is 328 g/mol. The van der Waals surface area contributed by atoms with E-state index < -0.39 is 5.97 Å². The molecule has 3 aromatic heterocycles. The summed E-state index contributed by atoms with van der Waals surface area (Å²) in [4.78, 5) is 29.5. The number of pyridine rings is 2. The van der Waals surface area contributed by atoms with Gasteiger partial charge in [0.2, 0.25) is 0 Å². The first-order chi connectivity index (χ1) is 11.4. The van der Waals surface area contributed by atoms with Crippen LogP contribution in [0.2, 0.25) is 0 Å². The summed E-state index contributed by atoms with van der Waals surface area (Å²) in [5.74, 6) is 0.838. The molecule has 3 aromatic rings. The molecule has 1 N–H and O–H groups in total. The van der Waals surface area contributed by atoms with E-state index in [-0.39, 0.29) is 5.56 Å². The molecular formula is C16H18N5O3+. The van der Waals surface area contributed by atoms with Crippen molar-refractivity contribution >= 4 is 16.7 Å². The Labute approximate surface area is 137 Å². The van der Waals surface area contributed by atoms with Crippen molar-refractivity contribution in [1.29, 1.82) is 0 Å². The second-order valence-electron chi connectivity index (χ2n) is 5.57. The van der Waals surface area contributed by atoms with Crippen LogP contribution in [0, 0.1) is 27.7 Å². The molecule has 3 heterocycles. The number of fused-ring (bicyclic) bond motifs is 1. The number of ether oxygens (including phenoxy) is 1. The summed E-state index contributed by atoms with van der Waals surface area (Å²) in [7, 11) is 1.31. The van der Waals surface area contributed by atoms with Crippen LogP contribution in [0.15, 0.2) is 17.1 Å². The Morgan fingerprint density at radius 3 is 2.54 bits per heavy atom. The van der Waals surface area contributed by atoms with Gasteiger partial charge in [0.25, 0.3) is 17.2 Å². The van der Waals surface area contributed by atoms with E-state index in [1.807, 2.05) is 6.92 Å². The molecule has 124 valence electrons. The average Bonchev–Trinajstić information content (AvgIpc) is 2.86. The maximum atomic E-state index is 13.0. The van der Waals surface area contributed by atoms with Gasteiger partial charge in [0.1, 0.15) is 0 Å². The van der Waals surface area contributed by atoms with E-state index in [2.05, 4.69) is 15.2 Å². The van der Waals surface area contributed by atoms with Crippen molar-refractivity contribution in [2.45, 2.75) is 27.7 Å². The Kier molecular flexibility index (Phi) is 3.67. The normalized spacial score (nSPS) is 11.0. The lowest BCUT2D eigenvalue weighted by atomic mass is 10.0. The van der Waals surface area contributed by atoms with Gasteiger partial charge in [-0.3, -0.25) is 9.78 Å². The van der Waals surface area contributed by atoms with E-state index in [1.165, 1.54) is 11.8 Å². The minimum absolute atomic E-state index is 0.278. The summed E-state index contributed by atoms with van der Waals surface area (Å²) in [6, 6.07) is 1.73. The number of esters is 1. The molecule has 0 saturated carbocycles. The molecule has 0 aliphatic carbocycles. The van der Waals surface area contributed by atoms with Crippen LogP contribution in [-0.2, 0) is 4.74 Å².